The third-order valence-corrected chi connectivity index (χ3v) is 8.99. The minimum absolute atomic E-state index is 0.0336. The van der Waals surface area contributed by atoms with Gasteiger partial charge in [-0.1, -0.05) is 12.1 Å². The first-order valence-corrected chi connectivity index (χ1v) is 14.4. The Kier molecular flexibility index (Phi) is 6.98. The van der Waals surface area contributed by atoms with Crippen molar-refractivity contribution >= 4 is 40.4 Å². The summed E-state index contributed by atoms with van der Waals surface area (Å²) >= 11 is 0. The van der Waals surface area contributed by atoms with E-state index in [4.69, 9.17) is 9.72 Å². The molecular formula is C31H36N4O5. The Morgan fingerprint density at radius 2 is 1.77 bits per heavy atom. The van der Waals surface area contributed by atoms with Crippen molar-refractivity contribution in [3.8, 4) is 0 Å². The van der Waals surface area contributed by atoms with Gasteiger partial charge in [0.15, 0.2) is 0 Å². The molecule has 2 aliphatic heterocycles. The third-order valence-electron chi connectivity index (χ3n) is 8.99. The SMILES string of the molecule is COC(=O)N1c2ccc3c(nc(Cc4ccc(N5CCCC5=O)cc4)n3[C@H]3CC[C@H](C(=O)O)CC3)c2CC[C@@H]1C. The Hall–Kier alpha value is -3.88. The van der Waals surface area contributed by atoms with Crippen molar-refractivity contribution in [2.24, 2.45) is 5.92 Å². The summed E-state index contributed by atoms with van der Waals surface area (Å²) in [6.45, 7) is 2.80. The van der Waals surface area contributed by atoms with E-state index in [-0.39, 0.29) is 30.0 Å². The van der Waals surface area contributed by atoms with Crippen LogP contribution in [-0.4, -0.2) is 52.3 Å². The first-order chi connectivity index (χ1) is 19.4. The number of aliphatic carboxylic acids is 1. The van der Waals surface area contributed by atoms with Crippen LogP contribution in [0.2, 0.25) is 0 Å². The van der Waals surface area contributed by atoms with Crippen molar-refractivity contribution < 1.29 is 24.2 Å². The van der Waals surface area contributed by atoms with E-state index in [1.807, 2.05) is 30.0 Å². The van der Waals surface area contributed by atoms with Gasteiger partial charge in [-0.3, -0.25) is 14.5 Å². The van der Waals surface area contributed by atoms with Crippen LogP contribution in [0.4, 0.5) is 16.2 Å². The van der Waals surface area contributed by atoms with E-state index in [0.29, 0.717) is 25.7 Å². The van der Waals surface area contributed by atoms with Crippen LogP contribution in [0.15, 0.2) is 36.4 Å². The molecule has 0 radical (unpaired) electrons. The Bertz CT molecular complexity index is 1450. The van der Waals surface area contributed by atoms with E-state index in [1.165, 1.54) is 7.11 Å². The maximum Gasteiger partial charge on any atom is 0.414 e. The molecule has 3 heterocycles. The molecule has 2 aromatic carbocycles. The van der Waals surface area contributed by atoms with Crippen LogP contribution < -0.4 is 9.80 Å². The second-order valence-corrected chi connectivity index (χ2v) is 11.4. The molecule has 3 aromatic rings. The number of nitrogens with zero attached hydrogens (tertiary/aromatic N) is 4. The lowest BCUT2D eigenvalue weighted by Gasteiger charge is -2.34. The highest BCUT2D eigenvalue weighted by Gasteiger charge is 2.33. The molecule has 40 heavy (non-hydrogen) atoms. The number of carbonyl (C=O) groups is 3. The average Bonchev–Trinajstić information content (AvgIpc) is 3.56. The average molecular weight is 545 g/mol. The number of aromatic nitrogens is 2. The molecule has 1 atom stereocenters. The van der Waals surface area contributed by atoms with E-state index in [9.17, 15) is 19.5 Å². The highest BCUT2D eigenvalue weighted by Crippen LogP contribution is 2.40. The molecule has 0 unspecified atom stereocenters. The number of ether oxygens (including phenoxy) is 1. The number of amides is 2. The van der Waals surface area contributed by atoms with Gasteiger partial charge in [-0.05, 0) is 81.7 Å². The summed E-state index contributed by atoms with van der Waals surface area (Å²) in [5.41, 5.74) is 5.88. The molecule has 0 bridgehead atoms. The molecule has 9 heteroatoms. The number of hydrogen-bond acceptors (Lipinski definition) is 5. The molecule has 6 rings (SSSR count). The van der Waals surface area contributed by atoms with E-state index < -0.39 is 5.97 Å². The summed E-state index contributed by atoms with van der Waals surface area (Å²) in [7, 11) is 1.41. The van der Waals surface area contributed by atoms with Crippen molar-refractivity contribution in [2.45, 2.75) is 76.8 Å². The highest BCUT2D eigenvalue weighted by atomic mass is 16.5. The molecule has 210 valence electrons. The minimum atomic E-state index is -0.711. The lowest BCUT2D eigenvalue weighted by molar-refractivity contribution is -0.143. The summed E-state index contributed by atoms with van der Waals surface area (Å²) < 4.78 is 7.43. The normalized spacial score (nSPS) is 22.9. The molecule has 3 aliphatic rings. The lowest BCUT2D eigenvalue weighted by atomic mass is 9.85. The van der Waals surface area contributed by atoms with Gasteiger partial charge in [0.25, 0.3) is 0 Å². The summed E-state index contributed by atoms with van der Waals surface area (Å²) in [4.78, 5) is 45.3. The van der Waals surface area contributed by atoms with Crippen LogP contribution in [0.3, 0.4) is 0 Å². The topological polar surface area (TPSA) is 105 Å². The van der Waals surface area contributed by atoms with E-state index in [1.54, 1.807) is 4.90 Å². The number of anilines is 2. The summed E-state index contributed by atoms with van der Waals surface area (Å²) in [5.74, 6) is 0.108. The molecule has 1 saturated carbocycles. The molecule has 1 N–H and O–H groups in total. The van der Waals surface area contributed by atoms with E-state index in [2.05, 4.69) is 22.8 Å². The number of aryl methyl sites for hydroxylation is 1. The van der Waals surface area contributed by atoms with Gasteiger partial charge >= 0.3 is 12.1 Å². The van der Waals surface area contributed by atoms with Crippen LogP contribution in [0.25, 0.3) is 11.0 Å². The first-order valence-electron chi connectivity index (χ1n) is 14.4. The molecule has 1 aliphatic carbocycles. The first kappa shape index (κ1) is 26.3. The van der Waals surface area contributed by atoms with Crippen molar-refractivity contribution in [1.82, 2.24) is 9.55 Å². The quantitative estimate of drug-likeness (QED) is 0.456. The lowest BCUT2D eigenvalue weighted by Crippen LogP contribution is -2.42. The standard InChI is InChI=1S/C31H36N4O5/c1-19-5-14-24-25(34(19)31(39)40-2)15-16-26-29(24)32-27(35(26)23-12-8-21(9-13-23)30(37)38)18-20-6-10-22(11-7-20)33-17-3-4-28(33)36/h6-7,10-11,15-16,19,21,23H,3-5,8-9,12-14,17-18H2,1-2H3,(H,37,38)/t19-,21-,23-/m0/s1. The number of imidazole rings is 1. The van der Waals surface area contributed by atoms with Gasteiger partial charge in [0.1, 0.15) is 5.82 Å². The smallest absolute Gasteiger partial charge is 0.414 e. The number of carbonyl (C=O) groups excluding carboxylic acids is 2. The molecule has 1 saturated heterocycles. The van der Waals surface area contributed by atoms with Gasteiger partial charge in [0, 0.05) is 42.7 Å². The Balaban J connectivity index is 1.39. The van der Waals surface area contributed by atoms with Gasteiger partial charge in [-0.25, -0.2) is 9.78 Å². The molecule has 2 fully saturated rings. The number of carboxylic acids is 1. The molecule has 2 amide bonds. The predicted molar refractivity (Wildman–Crippen MR) is 152 cm³/mol. The second kappa shape index (κ2) is 10.6. The van der Waals surface area contributed by atoms with Gasteiger partial charge < -0.3 is 19.3 Å². The zero-order valence-electron chi connectivity index (χ0n) is 23.1. The number of hydrogen-bond donors (Lipinski definition) is 1. The van der Waals surface area contributed by atoms with Gasteiger partial charge in [-0.2, -0.15) is 0 Å². The van der Waals surface area contributed by atoms with Crippen molar-refractivity contribution in [3.05, 3.63) is 53.3 Å². The largest absolute Gasteiger partial charge is 0.481 e. The Morgan fingerprint density at radius 3 is 2.42 bits per heavy atom. The maximum absolute atomic E-state index is 12.7. The number of carboxylic acid groups (broad SMARTS) is 1. The number of methoxy groups -OCH3 is 1. The third kappa shape index (κ3) is 4.61. The molecule has 1 aromatic heterocycles. The molecule has 0 spiro atoms. The zero-order chi connectivity index (χ0) is 28.0. The van der Waals surface area contributed by atoms with Gasteiger partial charge in [0.05, 0.1) is 29.7 Å². The minimum Gasteiger partial charge on any atom is -0.481 e. The fourth-order valence-electron chi connectivity index (χ4n) is 6.83. The summed E-state index contributed by atoms with van der Waals surface area (Å²) in [6.07, 6.45) is 6.27. The molecule has 9 nitrogen and oxygen atoms in total. The number of fused-ring (bicyclic) bond motifs is 3. The fraction of sp³-hybridized carbons (Fsp3) is 0.484. The monoisotopic (exact) mass is 544 g/mol. The van der Waals surface area contributed by atoms with Crippen LogP contribution in [-0.2, 0) is 27.2 Å². The predicted octanol–water partition coefficient (Wildman–Crippen LogP) is 5.48. The van der Waals surface area contributed by atoms with Crippen LogP contribution in [0.1, 0.15) is 74.9 Å². The Morgan fingerprint density at radius 1 is 1.02 bits per heavy atom. The van der Waals surface area contributed by atoms with Crippen molar-refractivity contribution in [2.75, 3.05) is 23.5 Å². The fourth-order valence-corrected chi connectivity index (χ4v) is 6.83. The van der Waals surface area contributed by atoms with Crippen molar-refractivity contribution in [1.29, 1.82) is 0 Å². The van der Waals surface area contributed by atoms with E-state index in [0.717, 1.165) is 78.0 Å². The zero-order valence-corrected chi connectivity index (χ0v) is 23.1. The summed E-state index contributed by atoms with van der Waals surface area (Å²) in [5, 5.41) is 9.55. The van der Waals surface area contributed by atoms with Gasteiger partial charge in [0.2, 0.25) is 5.91 Å². The van der Waals surface area contributed by atoms with Crippen molar-refractivity contribution in [3.63, 3.8) is 0 Å². The van der Waals surface area contributed by atoms with Crippen LogP contribution in [0, 0.1) is 5.92 Å². The van der Waals surface area contributed by atoms with E-state index >= 15 is 0 Å². The highest BCUT2D eigenvalue weighted by molar-refractivity contribution is 5.96. The number of benzene rings is 2. The second-order valence-electron chi connectivity index (χ2n) is 11.4. The number of rotatable bonds is 5. The summed E-state index contributed by atoms with van der Waals surface area (Å²) in [6, 6.07) is 12.4. The maximum atomic E-state index is 12.7. The molecular weight excluding hydrogens is 508 g/mol. The van der Waals surface area contributed by atoms with Crippen LogP contribution >= 0.6 is 0 Å². The Labute approximate surface area is 233 Å². The van der Waals surface area contributed by atoms with Crippen LogP contribution in [0.5, 0.6) is 0 Å². The van der Waals surface area contributed by atoms with Gasteiger partial charge in [-0.15, -0.1) is 0 Å².